The molecule has 0 amide bonds. The molecule has 2 nitrogen and oxygen atoms in total. The van der Waals surface area contributed by atoms with Crippen molar-refractivity contribution in [2.45, 2.75) is 52.0 Å². The van der Waals surface area contributed by atoms with Gasteiger partial charge in [-0.2, -0.15) is 5.26 Å². The van der Waals surface area contributed by atoms with Crippen molar-refractivity contribution in [3.63, 3.8) is 0 Å². The highest BCUT2D eigenvalue weighted by atomic mass is 14.9. The second-order valence-electron chi connectivity index (χ2n) is 4.42. The molecule has 1 N–H and O–H groups in total. The van der Waals surface area contributed by atoms with Crippen molar-refractivity contribution in [2.24, 2.45) is 0 Å². The van der Waals surface area contributed by atoms with Crippen LogP contribution in [0.3, 0.4) is 0 Å². The molecule has 0 aliphatic heterocycles. The van der Waals surface area contributed by atoms with Crippen molar-refractivity contribution in [2.75, 3.05) is 5.32 Å². The molecule has 0 aliphatic rings. The smallest absolute Gasteiger partial charge is 0.0669 e. The second-order valence-corrected chi connectivity index (χ2v) is 4.42. The molecule has 0 radical (unpaired) electrons. The van der Waals surface area contributed by atoms with E-state index in [1.54, 1.807) is 0 Å². The number of benzene rings is 1. The molecule has 92 valence electrons. The van der Waals surface area contributed by atoms with Crippen LogP contribution in [0.2, 0.25) is 0 Å². The molecular formula is C15H22N2. The summed E-state index contributed by atoms with van der Waals surface area (Å²) in [7, 11) is 0. The first kappa shape index (κ1) is 13.6. The summed E-state index contributed by atoms with van der Waals surface area (Å²) in [6, 6.07) is 10.9. The van der Waals surface area contributed by atoms with Crippen LogP contribution in [0.15, 0.2) is 24.3 Å². The predicted octanol–water partition coefficient (Wildman–Crippen LogP) is 4.13. The van der Waals surface area contributed by atoms with Crippen LogP contribution in [0.5, 0.6) is 0 Å². The lowest BCUT2D eigenvalue weighted by Gasteiger charge is -2.18. The minimum absolute atomic E-state index is 0.493. The third-order valence-electron chi connectivity index (χ3n) is 3.01. The van der Waals surface area contributed by atoms with E-state index in [-0.39, 0.29) is 0 Å². The fraction of sp³-hybridized carbons (Fsp3) is 0.533. The molecule has 1 aromatic carbocycles. The van der Waals surface area contributed by atoms with Crippen molar-refractivity contribution < 1.29 is 0 Å². The quantitative estimate of drug-likeness (QED) is 0.764. The Balaban J connectivity index is 2.52. The van der Waals surface area contributed by atoms with E-state index < -0.39 is 0 Å². The molecule has 0 saturated carbocycles. The first-order valence-corrected chi connectivity index (χ1v) is 6.52. The van der Waals surface area contributed by atoms with Crippen LogP contribution < -0.4 is 5.32 Å². The zero-order valence-corrected chi connectivity index (χ0v) is 10.9. The van der Waals surface area contributed by atoms with Gasteiger partial charge in [-0.25, -0.2) is 0 Å². The lowest BCUT2D eigenvalue weighted by molar-refractivity contribution is 0.593. The van der Waals surface area contributed by atoms with Crippen molar-refractivity contribution in [3.8, 4) is 6.07 Å². The fourth-order valence-corrected chi connectivity index (χ4v) is 1.87. The first-order chi connectivity index (χ1) is 8.30. The average molecular weight is 230 g/mol. The normalized spacial score (nSPS) is 11.8. The average Bonchev–Trinajstić information content (AvgIpc) is 2.37. The zero-order chi connectivity index (χ0) is 12.5. The van der Waals surface area contributed by atoms with E-state index in [1.165, 1.54) is 19.3 Å². The van der Waals surface area contributed by atoms with E-state index in [0.717, 1.165) is 17.7 Å². The summed E-state index contributed by atoms with van der Waals surface area (Å²) in [5.74, 6) is 0. The van der Waals surface area contributed by atoms with Crippen molar-refractivity contribution in [1.82, 2.24) is 0 Å². The highest BCUT2D eigenvalue weighted by Gasteiger charge is 2.04. The molecule has 1 atom stereocenters. The lowest BCUT2D eigenvalue weighted by atomic mass is 10.1. The molecule has 0 saturated heterocycles. The van der Waals surface area contributed by atoms with Gasteiger partial charge in [0.25, 0.3) is 0 Å². The van der Waals surface area contributed by atoms with E-state index in [1.807, 2.05) is 12.1 Å². The highest BCUT2D eigenvalue weighted by Crippen LogP contribution is 2.15. The monoisotopic (exact) mass is 230 g/mol. The number of nitriles is 1. The Bertz CT molecular complexity index is 348. The van der Waals surface area contributed by atoms with Crippen molar-refractivity contribution in [1.29, 1.82) is 5.26 Å². The number of hydrogen-bond donors (Lipinski definition) is 1. The van der Waals surface area contributed by atoms with Crippen molar-refractivity contribution >= 4 is 5.69 Å². The van der Waals surface area contributed by atoms with E-state index in [9.17, 15) is 0 Å². The zero-order valence-electron chi connectivity index (χ0n) is 10.9. The summed E-state index contributed by atoms with van der Waals surface area (Å²) in [6.07, 6.45) is 5.40. The minimum Gasteiger partial charge on any atom is -0.382 e. The summed E-state index contributed by atoms with van der Waals surface area (Å²) in [6.45, 7) is 4.45. The van der Waals surface area contributed by atoms with Crippen LogP contribution in [-0.2, 0) is 6.42 Å². The molecule has 0 fully saturated rings. The third kappa shape index (κ3) is 4.91. The van der Waals surface area contributed by atoms with Gasteiger partial charge in [-0.3, -0.25) is 0 Å². The molecule has 0 bridgehead atoms. The summed E-state index contributed by atoms with van der Waals surface area (Å²) in [5.41, 5.74) is 2.24. The van der Waals surface area contributed by atoms with Gasteiger partial charge in [0.2, 0.25) is 0 Å². The van der Waals surface area contributed by atoms with Gasteiger partial charge in [0, 0.05) is 11.7 Å². The number of nitrogens with zero attached hydrogens (tertiary/aromatic N) is 1. The molecule has 1 unspecified atom stereocenters. The predicted molar refractivity (Wildman–Crippen MR) is 73.0 cm³/mol. The Kier molecular flexibility index (Phi) is 6.17. The van der Waals surface area contributed by atoms with Crippen LogP contribution in [-0.4, -0.2) is 6.04 Å². The van der Waals surface area contributed by atoms with Gasteiger partial charge in [-0.05, 0) is 30.5 Å². The van der Waals surface area contributed by atoms with E-state index in [2.05, 4.69) is 37.4 Å². The van der Waals surface area contributed by atoms with Gasteiger partial charge in [-0.15, -0.1) is 0 Å². The summed E-state index contributed by atoms with van der Waals surface area (Å²) >= 11 is 0. The summed E-state index contributed by atoms with van der Waals surface area (Å²) in [4.78, 5) is 0. The van der Waals surface area contributed by atoms with Crippen LogP contribution in [0.25, 0.3) is 0 Å². The number of rotatable bonds is 7. The van der Waals surface area contributed by atoms with Gasteiger partial charge in [-0.1, -0.05) is 38.8 Å². The van der Waals surface area contributed by atoms with Crippen LogP contribution in [0.1, 0.15) is 45.1 Å². The standard InChI is InChI=1S/C15H22N2/c1-3-5-6-14(4-2)17-15-9-7-13(8-10-15)11-12-16/h7-10,14,17H,3-6,11H2,1-2H3. The fourth-order valence-electron chi connectivity index (χ4n) is 1.87. The SMILES string of the molecule is CCCCC(CC)Nc1ccc(CC#N)cc1. The molecule has 1 rings (SSSR count). The molecule has 0 heterocycles. The van der Waals surface area contributed by atoms with Crippen LogP contribution >= 0.6 is 0 Å². The number of nitrogens with one attached hydrogen (secondary N) is 1. The maximum Gasteiger partial charge on any atom is 0.0669 e. The molecule has 2 heteroatoms. The molecule has 0 aromatic heterocycles. The Morgan fingerprint density at radius 1 is 1.24 bits per heavy atom. The highest BCUT2D eigenvalue weighted by molar-refractivity contribution is 5.45. The molecule has 0 spiro atoms. The van der Waals surface area contributed by atoms with Gasteiger partial charge >= 0.3 is 0 Å². The Labute approximate surface area is 105 Å². The van der Waals surface area contributed by atoms with E-state index in [0.29, 0.717) is 12.5 Å². The Morgan fingerprint density at radius 2 is 1.94 bits per heavy atom. The maximum atomic E-state index is 8.60. The Morgan fingerprint density at radius 3 is 2.47 bits per heavy atom. The van der Waals surface area contributed by atoms with Crippen molar-refractivity contribution in [3.05, 3.63) is 29.8 Å². The largest absolute Gasteiger partial charge is 0.382 e. The first-order valence-electron chi connectivity index (χ1n) is 6.52. The topological polar surface area (TPSA) is 35.8 Å². The summed E-state index contributed by atoms with van der Waals surface area (Å²) in [5, 5.41) is 12.2. The number of hydrogen-bond acceptors (Lipinski definition) is 2. The minimum atomic E-state index is 0.493. The number of unbranched alkanes of at least 4 members (excludes halogenated alkanes) is 1. The maximum absolute atomic E-state index is 8.60. The lowest BCUT2D eigenvalue weighted by Crippen LogP contribution is -2.18. The van der Waals surface area contributed by atoms with E-state index >= 15 is 0 Å². The molecule has 1 aromatic rings. The van der Waals surface area contributed by atoms with Gasteiger partial charge in [0.15, 0.2) is 0 Å². The molecule has 0 aliphatic carbocycles. The van der Waals surface area contributed by atoms with Gasteiger partial charge < -0.3 is 5.32 Å². The molecule has 17 heavy (non-hydrogen) atoms. The van der Waals surface area contributed by atoms with Crippen LogP contribution in [0.4, 0.5) is 5.69 Å². The second kappa shape index (κ2) is 7.73. The van der Waals surface area contributed by atoms with E-state index in [4.69, 9.17) is 5.26 Å². The van der Waals surface area contributed by atoms with Gasteiger partial charge in [0.05, 0.1) is 12.5 Å². The summed E-state index contributed by atoms with van der Waals surface area (Å²) < 4.78 is 0. The number of anilines is 1. The van der Waals surface area contributed by atoms with Crippen LogP contribution in [0, 0.1) is 11.3 Å². The Hall–Kier alpha value is -1.49. The third-order valence-corrected chi connectivity index (χ3v) is 3.01. The van der Waals surface area contributed by atoms with Gasteiger partial charge in [0.1, 0.15) is 0 Å². The molecular weight excluding hydrogens is 208 g/mol.